The summed E-state index contributed by atoms with van der Waals surface area (Å²) in [5, 5.41) is 13.2. The summed E-state index contributed by atoms with van der Waals surface area (Å²) in [4.78, 5) is 14.9. The molecule has 1 aliphatic rings. The molecular formula is C63H56O10. The maximum atomic E-state index is 14.9. The molecule has 0 unspecified atom stereocenters. The molecule has 0 bridgehead atoms. The van der Waals surface area contributed by atoms with Crippen molar-refractivity contribution in [1.82, 2.24) is 0 Å². The molecule has 368 valence electrons. The topological polar surface area (TPSA) is 115 Å². The van der Waals surface area contributed by atoms with Crippen molar-refractivity contribution in [3.8, 4) is 28.6 Å². The molecule has 2 heterocycles. The zero-order valence-corrected chi connectivity index (χ0v) is 40.2. The first-order chi connectivity index (χ1) is 36.0. The number of hydrogen-bond acceptors (Lipinski definition) is 10. The third kappa shape index (κ3) is 12.4. The lowest BCUT2D eigenvalue weighted by Crippen LogP contribution is -2.57. The molecule has 0 saturated carbocycles. The normalized spacial score (nSPS) is 17.5. The van der Waals surface area contributed by atoms with Gasteiger partial charge < -0.3 is 42.7 Å². The van der Waals surface area contributed by atoms with E-state index in [9.17, 15) is 9.90 Å². The number of fused-ring (bicyclic) bond motifs is 1. The van der Waals surface area contributed by atoms with Crippen LogP contribution in [0.15, 0.2) is 228 Å². The minimum absolute atomic E-state index is 0.0626. The lowest BCUT2D eigenvalue weighted by Gasteiger charge is -2.45. The second-order valence-electron chi connectivity index (χ2n) is 17.9. The van der Waals surface area contributed by atoms with Crippen LogP contribution in [0.4, 0.5) is 0 Å². The van der Waals surface area contributed by atoms with Gasteiger partial charge in [-0.2, -0.15) is 0 Å². The Morgan fingerprint density at radius 3 is 1.40 bits per heavy atom. The number of benzene rings is 8. The van der Waals surface area contributed by atoms with E-state index in [1.165, 1.54) is 6.07 Å². The van der Waals surface area contributed by atoms with E-state index in [4.69, 9.17) is 37.6 Å². The number of hydrogen-bond donors (Lipinski definition) is 1. The summed E-state index contributed by atoms with van der Waals surface area (Å²) in [6.07, 6.45) is -5.25. The van der Waals surface area contributed by atoms with Crippen molar-refractivity contribution < 1.29 is 42.7 Å². The van der Waals surface area contributed by atoms with Gasteiger partial charge in [0.05, 0.1) is 32.0 Å². The van der Waals surface area contributed by atoms with Crippen LogP contribution in [0, 0.1) is 0 Å². The Morgan fingerprint density at radius 1 is 0.452 bits per heavy atom. The highest BCUT2D eigenvalue weighted by Crippen LogP contribution is 2.46. The molecule has 0 radical (unpaired) electrons. The van der Waals surface area contributed by atoms with Crippen molar-refractivity contribution in [2.24, 2.45) is 0 Å². The lowest BCUT2D eigenvalue weighted by atomic mass is 9.89. The van der Waals surface area contributed by atoms with Gasteiger partial charge in [-0.1, -0.05) is 182 Å². The van der Waals surface area contributed by atoms with Crippen LogP contribution in [0.5, 0.6) is 17.2 Å². The maximum absolute atomic E-state index is 14.9. The summed E-state index contributed by atoms with van der Waals surface area (Å²) in [5.41, 5.74) is 6.32. The largest absolute Gasteiger partial charge is 0.489 e. The molecule has 10 heteroatoms. The van der Waals surface area contributed by atoms with Crippen LogP contribution in [-0.2, 0) is 58.6 Å². The Morgan fingerprint density at radius 2 is 0.890 bits per heavy atom. The lowest BCUT2D eigenvalue weighted by molar-refractivity contribution is -0.263. The molecule has 0 spiro atoms. The quantitative estimate of drug-likeness (QED) is 0.0746. The number of rotatable bonds is 21. The molecule has 0 amide bonds. The van der Waals surface area contributed by atoms with Crippen molar-refractivity contribution >= 4 is 11.0 Å². The minimum atomic E-state index is -1.40. The molecule has 5 atom stereocenters. The van der Waals surface area contributed by atoms with Gasteiger partial charge in [-0.25, -0.2) is 0 Å². The van der Waals surface area contributed by atoms with Crippen LogP contribution in [0.3, 0.4) is 0 Å². The Bertz CT molecular complexity index is 3170. The van der Waals surface area contributed by atoms with E-state index in [0.29, 0.717) is 30.1 Å². The van der Waals surface area contributed by atoms with Gasteiger partial charge in [0.15, 0.2) is 11.0 Å². The van der Waals surface area contributed by atoms with E-state index in [1.54, 1.807) is 6.07 Å². The van der Waals surface area contributed by atoms with Crippen LogP contribution >= 0.6 is 0 Å². The van der Waals surface area contributed by atoms with Gasteiger partial charge in [-0.05, 0) is 57.6 Å². The summed E-state index contributed by atoms with van der Waals surface area (Å²) in [6.45, 7) is 1.41. The smallest absolute Gasteiger partial charge is 0.197 e. The second-order valence-corrected chi connectivity index (χ2v) is 17.9. The Kier molecular flexibility index (Phi) is 16.1. The molecule has 1 N–H and O–H groups in total. The fraction of sp³-hybridized carbons (Fsp3) is 0.190. The van der Waals surface area contributed by atoms with Crippen molar-refractivity contribution in [1.29, 1.82) is 0 Å². The van der Waals surface area contributed by atoms with Gasteiger partial charge in [-0.3, -0.25) is 4.79 Å². The monoisotopic (exact) mass is 972 g/mol. The highest BCUT2D eigenvalue weighted by molar-refractivity contribution is 5.90. The average molecular weight is 973 g/mol. The summed E-state index contributed by atoms with van der Waals surface area (Å²) >= 11 is 0. The van der Waals surface area contributed by atoms with Crippen molar-refractivity contribution in [3.63, 3.8) is 0 Å². The van der Waals surface area contributed by atoms with Gasteiger partial charge in [-0.15, -0.1) is 0 Å². The van der Waals surface area contributed by atoms with E-state index in [0.717, 1.165) is 33.4 Å². The van der Waals surface area contributed by atoms with Gasteiger partial charge in [0, 0.05) is 17.7 Å². The average Bonchev–Trinajstić information content (AvgIpc) is 3.44. The van der Waals surface area contributed by atoms with E-state index in [2.05, 4.69) is 0 Å². The molecule has 73 heavy (non-hydrogen) atoms. The first-order valence-corrected chi connectivity index (χ1v) is 24.5. The molecule has 10 nitrogen and oxygen atoms in total. The highest BCUT2D eigenvalue weighted by Gasteiger charge is 2.49. The van der Waals surface area contributed by atoms with E-state index in [-0.39, 0.29) is 66.7 Å². The summed E-state index contributed by atoms with van der Waals surface area (Å²) < 4.78 is 53.7. The third-order valence-electron chi connectivity index (χ3n) is 12.7. The van der Waals surface area contributed by atoms with Crippen LogP contribution in [0.1, 0.15) is 45.0 Å². The Hall–Kier alpha value is -7.83. The Balaban J connectivity index is 1.10. The molecule has 1 aromatic heterocycles. The SMILES string of the molecule is O=c1cc(-c2ccc(OCc3ccccc3)cc2)oc2c([C@@H]3O[C@H](COCc4ccccc4)[C@@H](OCc4ccccc4)[C@H](OCc4ccccc4)[C@H]3O)c(OCc3ccccc3)cc(OCc3ccccc3)c12. The zero-order chi connectivity index (χ0) is 49.6. The molecule has 1 saturated heterocycles. The van der Waals surface area contributed by atoms with Crippen LogP contribution < -0.4 is 19.6 Å². The molecular weight excluding hydrogens is 917 g/mol. The van der Waals surface area contributed by atoms with Crippen molar-refractivity contribution in [3.05, 3.63) is 268 Å². The second kappa shape index (κ2) is 24.1. The fourth-order valence-corrected chi connectivity index (χ4v) is 8.96. The Labute approximate surface area is 424 Å². The van der Waals surface area contributed by atoms with E-state index < -0.39 is 30.5 Å². The van der Waals surface area contributed by atoms with Crippen molar-refractivity contribution in [2.75, 3.05) is 6.61 Å². The highest BCUT2D eigenvalue weighted by atomic mass is 16.6. The third-order valence-corrected chi connectivity index (χ3v) is 12.7. The van der Waals surface area contributed by atoms with E-state index >= 15 is 0 Å². The number of aliphatic hydroxyl groups is 1. The molecule has 0 aliphatic carbocycles. The zero-order valence-electron chi connectivity index (χ0n) is 40.2. The minimum Gasteiger partial charge on any atom is -0.489 e. The van der Waals surface area contributed by atoms with Gasteiger partial charge >= 0.3 is 0 Å². The van der Waals surface area contributed by atoms with Gasteiger partial charge in [0.1, 0.15) is 78.7 Å². The number of ether oxygens (including phenoxy) is 7. The summed E-state index contributed by atoms with van der Waals surface area (Å²) in [7, 11) is 0. The summed E-state index contributed by atoms with van der Waals surface area (Å²) in [5.74, 6) is 1.44. The maximum Gasteiger partial charge on any atom is 0.197 e. The molecule has 1 aliphatic heterocycles. The van der Waals surface area contributed by atoms with Crippen molar-refractivity contribution in [2.45, 2.75) is 70.2 Å². The molecule has 9 aromatic rings. The van der Waals surface area contributed by atoms with Crippen LogP contribution in [0.2, 0.25) is 0 Å². The first-order valence-electron chi connectivity index (χ1n) is 24.5. The summed E-state index contributed by atoms with van der Waals surface area (Å²) in [6, 6.07) is 69.4. The van der Waals surface area contributed by atoms with Gasteiger partial charge in [0.25, 0.3) is 0 Å². The number of aliphatic hydroxyl groups excluding tert-OH is 1. The predicted molar refractivity (Wildman–Crippen MR) is 280 cm³/mol. The fourth-order valence-electron chi connectivity index (χ4n) is 8.96. The first kappa shape index (κ1) is 48.8. The predicted octanol–water partition coefficient (Wildman–Crippen LogP) is 12.4. The standard InChI is InChI=1S/C63H56O10/c64-52-35-53(50-31-33-51(34-32-50)67-38-45-21-9-2-10-22-45)72-61-57(52)54(68-39-46-23-11-3-12-24-46)36-55(69-40-47-25-13-4-14-26-47)58(61)62-59(65)63(71-42-49-29-17-6-18-30-49)60(70-41-48-27-15-5-16-28-48)56(73-62)43-66-37-44-19-7-1-8-20-44/h1-36,56,59-60,62-63,65H,37-43H2/t56-,59+,60-,62+,63-/m1/s1. The van der Waals surface area contributed by atoms with Gasteiger partial charge in [0.2, 0.25) is 0 Å². The van der Waals surface area contributed by atoms with Crippen LogP contribution in [0.25, 0.3) is 22.3 Å². The molecule has 10 rings (SSSR count). The van der Waals surface area contributed by atoms with Crippen LogP contribution in [-0.4, -0.2) is 36.1 Å². The molecule has 8 aromatic carbocycles. The molecule has 1 fully saturated rings. The van der Waals surface area contributed by atoms with E-state index in [1.807, 2.05) is 206 Å².